The van der Waals surface area contributed by atoms with Gasteiger partial charge in [0, 0.05) is 6.54 Å². The van der Waals surface area contributed by atoms with Crippen LogP contribution in [0.1, 0.15) is 17.5 Å². The molecule has 15 heavy (non-hydrogen) atoms. The maximum atomic E-state index is 10.8. The van der Waals surface area contributed by atoms with Crippen molar-refractivity contribution in [2.45, 2.75) is 13.0 Å². The number of ether oxygens (including phenoxy) is 1. The van der Waals surface area contributed by atoms with Crippen molar-refractivity contribution < 1.29 is 9.53 Å². The van der Waals surface area contributed by atoms with Crippen molar-refractivity contribution in [3.8, 4) is 0 Å². The van der Waals surface area contributed by atoms with Crippen molar-refractivity contribution >= 4 is 12.0 Å². The van der Waals surface area contributed by atoms with E-state index in [2.05, 4.69) is 4.74 Å². The van der Waals surface area contributed by atoms with Crippen LogP contribution < -0.4 is 5.73 Å². The van der Waals surface area contributed by atoms with Gasteiger partial charge in [0.25, 0.3) is 0 Å². The Balaban J connectivity index is 2.53. The van der Waals surface area contributed by atoms with E-state index in [1.54, 1.807) is 6.08 Å². The maximum absolute atomic E-state index is 10.8. The Morgan fingerprint density at radius 1 is 1.40 bits per heavy atom. The number of esters is 1. The summed E-state index contributed by atoms with van der Waals surface area (Å²) < 4.78 is 4.52. The molecule has 0 unspecified atom stereocenters. The Hall–Kier alpha value is -1.61. The highest BCUT2D eigenvalue weighted by molar-refractivity contribution is 5.72. The first kappa shape index (κ1) is 11.5. The fourth-order valence-electron chi connectivity index (χ4n) is 1.14. The van der Waals surface area contributed by atoms with Gasteiger partial charge in [-0.3, -0.25) is 4.79 Å². The van der Waals surface area contributed by atoms with Crippen molar-refractivity contribution in [1.82, 2.24) is 0 Å². The minimum Gasteiger partial charge on any atom is -0.469 e. The van der Waals surface area contributed by atoms with Crippen LogP contribution in [0.5, 0.6) is 0 Å². The third-order valence-electron chi connectivity index (χ3n) is 2.04. The molecule has 2 N–H and O–H groups in total. The fourth-order valence-corrected chi connectivity index (χ4v) is 1.14. The Morgan fingerprint density at radius 3 is 2.60 bits per heavy atom. The van der Waals surface area contributed by atoms with Crippen LogP contribution in [0, 0.1) is 0 Å². The average molecular weight is 205 g/mol. The molecule has 3 heteroatoms. The molecule has 0 heterocycles. The maximum Gasteiger partial charge on any atom is 0.309 e. The highest BCUT2D eigenvalue weighted by Crippen LogP contribution is 2.06. The van der Waals surface area contributed by atoms with Crippen LogP contribution in [0.25, 0.3) is 6.08 Å². The second kappa shape index (κ2) is 5.98. The number of carbonyl (C=O) groups is 1. The van der Waals surface area contributed by atoms with Gasteiger partial charge in [-0.05, 0) is 11.1 Å². The first-order valence-corrected chi connectivity index (χ1v) is 4.78. The van der Waals surface area contributed by atoms with E-state index < -0.39 is 0 Å². The predicted octanol–water partition coefficient (Wildman–Crippen LogP) is 1.72. The van der Waals surface area contributed by atoms with Crippen LogP contribution in [0.2, 0.25) is 0 Å². The summed E-state index contributed by atoms with van der Waals surface area (Å²) in [6, 6.07) is 7.88. The standard InChI is InChI=1S/C12H15NO2/c1-15-12(14)4-2-3-10-5-7-11(9-13)8-6-10/h2-3,5-8H,4,9,13H2,1H3. The third kappa shape index (κ3) is 3.95. The molecule has 80 valence electrons. The quantitative estimate of drug-likeness (QED) is 0.761. The van der Waals surface area contributed by atoms with Crippen LogP contribution in [0.3, 0.4) is 0 Å². The van der Waals surface area contributed by atoms with Crippen molar-refractivity contribution in [1.29, 1.82) is 0 Å². The van der Waals surface area contributed by atoms with Gasteiger partial charge in [0.05, 0.1) is 13.5 Å². The van der Waals surface area contributed by atoms with Gasteiger partial charge in [0.1, 0.15) is 0 Å². The summed E-state index contributed by atoms with van der Waals surface area (Å²) >= 11 is 0. The third-order valence-corrected chi connectivity index (χ3v) is 2.04. The molecule has 0 saturated heterocycles. The Kier molecular flexibility index (Phi) is 4.57. The lowest BCUT2D eigenvalue weighted by atomic mass is 10.1. The summed E-state index contributed by atoms with van der Waals surface area (Å²) in [5, 5.41) is 0. The van der Waals surface area contributed by atoms with Gasteiger partial charge in [-0.1, -0.05) is 36.4 Å². The summed E-state index contributed by atoms with van der Waals surface area (Å²) in [5.74, 6) is -0.232. The molecule has 1 aromatic rings. The smallest absolute Gasteiger partial charge is 0.309 e. The molecule has 0 aliphatic carbocycles. The van der Waals surface area contributed by atoms with Crippen LogP contribution >= 0.6 is 0 Å². The van der Waals surface area contributed by atoms with E-state index in [-0.39, 0.29) is 5.97 Å². The summed E-state index contributed by atoms with van der Waals surface area (Å²) in [6.07, 6.45) is 3.97. The number of methoxy groups -OCH3 is 1. The average Bonchev–Trinajstić information content (AvgIpc) is 2.29. The number of nitrogens with two attached hydrogens (primary N) is 1. The topological polar surface area (TPSA) is 52.3 Å². The van der Waals surface area contributed by atoms with Gasteiger partial charge in [-0.15, -0.1) is 0 Å². The van der Waals surface area contributed by atoms with E-state index in [4.69, 9.17) is 5.73 Å². The zero-order chi connectivity index (χ0) is 11.1. The van der Waals surface area contributed by atoms with Gasteiger partial charge in [-0.2, -0.15) is 0 Å². The van der Waals surface area contributed by atoms with Crippen molar-refractivity contribution in [3.05, 3.63) is 41.5 Å². The monoisotopic (exact) mass is 205 g/mol. The number of rotatable bonds is 4. The van der Waals surface area contributed by atoms with Crippen LogP contribution in [-0.2, 0) is 16.1 Å². The molecule has 0 bridgehead atoms. The van der Waals surface area contributed by atoms with E-state index in [0.29, 0.717) is 13.0 Å². The zero-order valence-electron chi connectivity index (χ0n) is 8.77. The van der Waals surface area contributed by atoms with Gasteiger partial charge >= 0.3 is 5.97 Å². The minimum absolute atomic E-state index is 0.232. The van der Waals surface area contributed by atoms with Crippen LogP contribution in [0.15, 0.2) is 30.3 Å². The molecule has 0 aliphatic heterocycles. The zero-order valence-corrected chi connectivity index (χ0v) is 8.77. The van der Waals surface area contributed by atoms with Crippen molar-refractivity contribution in [2.75, 3.05) is 7.11 Å². The lowest BCUT2D eigenvalue weighted by Crippen LogP contribution is -1.96. The highest BCUT2D eigenvalue weighted by atomic mass is 16.5. The van der Waals surface area contributed by atoms with Gasteiger partial charge < -0.3 is 10.5 Å². The van der Waals surface area contributed by atoms with Gasteiger partial charge in [0.2, 0.25) is 0 Å². The molecular formula is C12H15NO2. The van der Waals surface area contributed by atoms with E-state index in [0.717, 1.165) is 11.1 Å². The first-order valence-electron chi connectivity index (χ1n) is 4.78. The number of hydrogen-bond acceptors (Lipinski definition) is 3. The fraction of sp³-hybridized carbons (Fsp3) is 0.250. The molecule has 0 aliphatic rings. The number of benzene rings is 1. The Labute approximate surface area is 89.5 Å². The Morgan fingerprint density at radius 2 is 2.07 bits per heavy atom. The van der Waals surface area contributed by atoms with Gasteiger partial charge in [0.15, 0.2) is 0 Å². The second-order valence-electron chi connectivity index (χ2n) is 3.13. The largest absolute Gasteiger partial charge is 0.469 e. The summed E-state index contributed by atoms with van der Waals surface area (Å²) in [5.41, 5.74) is 7.63. The second-order valence-corrected chi connectivity index (χ2v) is 3.13. The number of carbonyl (C=O) groups excluding carboxylic acids is 1. The molecule has 3 nitrogen and oxygen atoms in total. The van der Waals surface area contributed by atoms with E-state index in [9.17, 15) is 4.79 Å². The number of hydrogen-bond donors (Lipinski definition) is 1. The lowest BCUT2D eigenvalue weighted by Gasteiger charge is -1.97. The van der Waals surface area contributed by atoms with E-state index >= 15 is 0 Å². The molecule has 0 saturated carbocycles. The van der Waals surface area contributed by atoms with E-state index in [1.165, 1.54) is 7.11 Å². The molecule has 1 aromatic carbocycles. The molecular weight excluding hydrogens is 190 g/mol. The lowest BCUT2D eigenvalue weighted by molar-refractivity contribution is -0.139. The molecule has 1 rings (SSSR count). The normalized spacial score (nSPS) is 10.5. The van der Waals surface area contributed by atoms with Crippen molar-refractivity contribution in [2.24, 2.45) is 5.73 Å². The molecule has 0 aromatic heterocycles. The molecule has 0 amide bonds. The first-order chi connectivity index (χ1) is 7.26. The predicted molar refractivity (Wildman–Crippen MR) is 60.0 cm³/mol. The molecule has 0 spiro atoms. The SMILES string of the molecule is COC(=O)CC=Cc1ccc(CN)cc1. The summed E-state index contributed by atoms with van der Waals surface area (Å²) in [4.78, 5) is 10.8. The summed E-state index contributed by atoms with van der Waals surface area (Å²) in [7, 11) is 1.38. The minimum atomic E-state index is -0.232. The summed E-state index contributed by atoms with van der Waals surface area (Å²) in [6.45, 7) is 0.548. The van der Waals surface area contributed by atoms with Crippen LogP contribution in [0.4, 0.5) is 0 Å². The highest BCUT2D eigenvalue weighted by Gasteiger charge is 1.94. The van der Waals surface area contributed by atoms with Crippen molar-refractivity contribution in [3.63, 3.8) is 0 Å². The van der Waals surface area contributed by atoms with E-state index in [1.807, 2.05) is 30.3 Å². The molecule has 0 atom stereocenters. The van der Waals surface area contributed by atoms with Gasteiger partial charge in [-0.25, -0.2) is 0 Å². The molecule has 0 fully saturated rings. The Bertz CT molecular complexity index is 341. The van der Waals surface area contributed by atoms with Crippen LogP contribution in [-0.4, -0.2) is 13.1 Å². The molecule has 0 radical (unpaired) electrons.